The maximum absolute atomic E-state index is 10.8. The van der Waals surface area contributed by atoms with Crippen LogP contribution in [0.4, 0.5) is 0 Å². The van der Waals surface area contributed by atoms with Gasteiger partial charge in [0.25, 0.3) is 0 Å². The van der Waals surface area contributed by atoms with Gasteiger partial charge in [-0.3, -0.25) is 4.79 Å². The summed E-state index contributed by atoms with van der Waals surface area (Å²) in [5.41, 5.74) is 2.38. The number of benzene rings is 1. The van der Waals surface area contributed by atoms with Gasteiger partial charge in [-0.05, 0) is 46.8 Å². The number of hydrogen-bond acceptors (Lipinski definition) is 3. The van der Waals surface area contributed by atoms with Crippen LogP contribution in [0.2, 0.25) is 0 Å². The molecule has 336 valence electrons. The molecule has 0 aromatic heterocycles. The van der Waals surface area contributed by atoms with E-state index in [1.807, 2.05) is 12.1 Å². The van der Waals surface area contributed by atoms with Gasteiger partial charge in [-0.15, -0.1) is 0 Å². The van der Waals surface area contributed by atoms with E-state index in [0.717, 1.165) is 29.9 Å². The number of carboxylic acids is 1. The first-order chi connectivity index (χ1) is 27.3. The highest BCUT2D eigenvalue weighted by atomic mass is 16.5. The minimum atomic E-state index is -0.798. The quantitative estimate of drug-likeness (QED) is 0.0658. The molecule has 0 saturated carbocycles. The van der Waals surface area contributed by atoms with Crippen molar-refractivity contribution in [2.45, 2.75) is 285 Å². The molecule has 0 fully saturated rings. The molecular weight excluding hydrogens is 701 g/mol. The SMILES string of the molecule is CC(C)(C)c1cc(CCC(=O)O)cc(C(C)(C)C)c1O.CCCCCCCCCCCCCCCCCCOCCCCCCCCCCCCCCCCCC. The van der Waals surface area contributed by atoms with Crippen LogP contribution >= 0.6 is 0 Å². The lowest BCUT2D eigenvalue weighted by molar-refractivity contribution is -0.136. The Kier molecular flexibility index (Phi) is 36.4. The molecule has 1 aromatic carbocycles. The number of carbonyl (C=O) groups is 1. The van der Waals surface area contributed by atoms with Crippen LogP contribution in [0.5, 0.6) is 5.75 Å². The number of carboxylic acid groups (broad SMARTS) is 1. The van der Waals surface area contributed by atoms with Crippen LogP contribution in [0.1, 0.15) is 284 Å². The Labute approximate surface area is 356 Å². The third kappa shape index (κ3) is 35.0. The van der Waals surface area contributed by atoms with Gasteiger partial charge in [0.1, 0.15) is 5.75 Å². The Hall–Kier alpha value is -1.55. The molecule has 4 nitrogen and oxygen atoms in total. The fourth-order valence-corrected chi connectivity index (χ4v) is 7.84. The van der Waals surface area contributed by atoms with Gasteiger partial charge in [0.05, 0.1) is 0 Å². The Balaban J connectivity index is 0.00000131. The number of aromatic hydroxyl groups is 1. The smallest absolute Gasteiger partial charge is 0.303 e. The maximum atomic E-state index is 10.8. The second kappa shape index (κ2) is 37.4. The maximum Gasteiger partial charge on any atom is 0.303 e. The summed E-state index contributed by atoms with van der Waals surface area (Å²) in [5.74, 6) is -0.461. The molecule has 0 amide bonds. The average Bonchev–Trinajstić information content (AvgIpc) is 3.15. The van der Waals surface area contributed by atoms with E-state index >= 15 is 0 Å². The van der Waals surface area contributed by atoms with E-state index in [4.69, 9.17) is 9.84 Å². The van der Waals surface area contributed by atoms with Gasteiger partial charge in [0.15, 0.2) is 0 Å². The Morgan fingerprint density at radius 2 is 0.702 bits per heavy atom. The summed E-state index contributed by atoms with van der Waals surface area (Å²) in [6, 6.07) is 3.88. The standard InChI is InChI=1S/C36H74O.C17H26O3/c1-3-5-7-9-11-13-15-17-19-21-23-25-27-29-31-33-35-37-36-34-32-30-28-26-24-22-20-18-16-14-12-10-8-6-4-2;1-16(2,3)12-9-11(7-8-14(18)19)10-13(15(12)20)17(4,5)6/h3-36H2,1-2H3;9-10,20H,7-8H2,1-6H3,(H,18,19). The monoisotopic (exact) mass is 801 g/mol. The van der Waals surface area contributed by atoms with Crippen LogP contribution in [0.3, 0.4) is 0 Å². The summed E-state index contributed by atoms with van der Waals surface area (Å²) >= 11 is 0. The van der Waals surface area contributed by atoms with Gasteiger partial charge in [0.2, 0.25) is 0 Å². The van der Waals surface area contributed by atoms with Gasteiger partial charge in [-0.1, -0.05) is 260 Å². The molecule has 0 heterocycles. The van der Waals surface area contributed by atoms with Gasteiger partial charge in [-0.25, -0.2) is 0 Å². The van der Waals surface area contributed by atoms with Crippen molar-refractivity contribution >= 4 is 5.97 Å². The fraction of sp³-hybridized carbons (Fsp3) is 0.868. The van der Waals surface area contributed by atoms with Crippen LogP contribution in [0.15, 0.2) is 12.1 Å². The average molecular weight is 801 g/mol. The van der Waals surface area contributed by atoms with E-state index in [-0.39, 0.29) is 17.3 Å². The molecule has 0 bridgehead atoms. The summed E-state index contributed by atoms with van der Waals surface area (Å²) in [4.78, 5) is 10.8. The molecule has 0 atom stereocenters. The third-order valence-corrected chi connectivity index (χ3v) is 11.7. The zero-order valence-corrected chi connectivity index (χ0v) is 39.8. The topological polar surface area (TPSA) is 66.8 Å². The van der Waals surface area contributed by atoms with Crippen LogP contribution in [0, 0.1) is 0 Å². The van der Waals surface area contributed by atoms with E-state index in [2.05, 4.69) is 55.4 Å². The fourth-order valence-electron chi connectivity index (χ4n) is 7.84. The second-order valence-corrected chi connectivity index (χ2v) is 19.7. The van der Waals surface area contributed by atoms with E-state index in [9.17, 15) is 9.90 Å². The van der Waals surface area contributed by atoms with Crippen molar-refractivity contribution in [2.24, 2.45) is 0 Å². The number of unbranched alkanes of at least 4 members (excludes halogenated alkanes) is 30. The van der Waals surface area contributed by atoms with E-state index in [1.165, 1.54) is 205 Å². The van der Waals surface area contributed by atoms with Crippen molar-refractivity contribution in [1.29, 1.82) is 0 Å². The van der Waals surface area contributed by atoms with Gasteiger partial charge in [0, 0.05) is 19.6 Å². The molecule has 0 unspecified atom stereocenters. The highest BCUT2D eigenvalue weighted by Gasteiger charge is 2.26. The molecule has 4 heteroatoms. The van der Waals surface area contributed by atoms with Crippen LogP contribution < -0.4 is 0 Å². The number of rotatable bonds is 37. The predicted octanol–water partition coefficient (Wildman–Crippen LogP) is 17.5. The lowest BCUT2D eigenvalue weighted by atomic mass is 9.78. The minimum Gasteiger partial charge on any atom is -0.507 e. The number of ether oxygens (including phenoxy) is 1. The lowest BCUT2D eigenvalue weighted by Gasteiger charge is -2.28. The summed E-state index contributed by atoms with van der Waals surface area (Å²) in [6.07, 6.45) is 46.6. The van der Waals surface area contributed by atoms with E-state index < -0.39 is 5.97 Å². The first-order valence-electron chi connectivity index (χ1n) is 25.0. The number of aryl methyl sites for hydroxylation is 1. The molecule has 0 spiro atoms. The summed E-state index contributed by atoms with van der Waals surface area (Å²) in [6.45, 7) is 18.9. The molecule has 1 rings (SSSR count). The molecule has 1 aromatic rings. The van der Waals surface area contributed by atoms with Gasteiger partial charge >= 0.3 is 5.97 Å². The molecular formula is C53H100O4. The highest BCUT2D eigenvalue weighted by Crippen LogP contribution is 2.40. The predicted molar refractivity (Wildman–Crippen MR) is 251 cm³/mol. The van der Waals surface area contributed by atoms with Crippen molar-refractivity contribution in [1.82, 2.24) is 0 Å². The molecule has 57 heavy (non-hydrogen) atoms. The number of phenolic OH excluding ortho intramolecular Hbond substituents is 1. The molecule has 0 aliphatic heterocycles. The lowest BCUT2D eigenvalue weighted by Crippen LogP contribution is -2.18. The van der Waals surface area contributed by atoms with Crippen molar-refractivity contribution in [3.8, 4) is 5.75 Å². The van der Waals surface area contributed by atoms with Gasteiger partial charge in [-0.2, -0.15) is 0 Å². The van der Waals surface area contributed by atoms with E-state index in [0.29, 0.717) is 12.2 Å². The van der Waals surface area contributed by atoms with Gasteiger partial charge < -0.3 is 14.9 Å². The number of phenols is 1. The van der Waals surface area contributed by atoms with Crippen molar-refractivity contribution in [3.63, 3.8) is 0 Å². The Bertz CT molecular complexity index is 963. The van der Waals surface area contributed by atoms with Crippen molar-refractivity contribution in [3.05, 3.63) is 28.8 Å². The summed E-state index contributed by atoms with van der Waals surface area (Å²) in [7, 11) is 0. The zero-order valence-electron chi connectivity index (χ0n) is 39.8. The molecule has 0 aliphatic rings. The Morgan fingerprint density at radius 1 is 0.456 bits per heavy atom. The second-order valence-electron chi connectivity index (χ2n) is 19.7. The first kappa shape index (κ1) is 55.5. The summed E-state index contributed by atoms with van der Waals surface area (Å²) in [5, 5.41) is 19.4. The normalized spacial score (nSPS) is 11.9. The highest BCUT2D eigenvalue weighted by molar-refractivity contribution is 5.67. The van der Waals surface area contributed by atoms with Crippen LogP contribution in [-0.4, -0.2) is 29.4 Å². The van der Waals surface area contributed by atoms with Crippen LogP contribution in [0.25, 0.3) is 0 Å². The number of hydrogen-bond donors (Lipinski definition) is 2. The van der Waals surface area contributed by atoms with Crippen molar-refractivity contribution < 1.29 is 19.7 Å². The molecule has 2 N–H and O–H groups in total. The molecule has 0 saturated heterocycles. The zero-order chi connectivity index (χ0) is 42.5. The van der Waals surface area contributed by atoms with Crippen LogP contribution in [-0.2, 0) is 26.8 Å². The third-order valence-electron chi connectivity index (χ3n) is 11.7. The Morgan fingerprint density at radius 3 is 0.930 bits per heavy atom. The largest absolute Gasteiger partial charge is 0.507 e. The minimum absolute atomic E-state index is 0.109. The van der Waals surface area contributed by atoms with Crippen molar-refractivity contribution in [2.75, 3.05) is 13.2 Å². The molecule has 0 aliphatic carbocycles. The first-order valence-corrected chi connectivity index (χ1v) is 25.0. The number of aliphatic carboxylic acids is 1. The van der Waals surface area contributed by atoms with E-state index in [1.54, 1.807) is 0 Å². The molecule has 0 radical (unpaired) electrons. The summed E-state index contributed by atoms with van der Waals surface area (Å²) < 4.78 is 5.87.